The summed E-state index contributed by atoms with van der Waals surface area (Å²) in [5, 5.41) is 3.80. The van der Waals surface area contributed by atoms with Crippen LogP contribution in [0.5, 0.6) is 0 Å². The third-order valence-electron chi connectivity index (χ3n) is 5.31. The largest absolute Gasteiger partial charge is 0.356 e. The maximum Gasteiger partial charge on any atom is 0.223 e. The number of nitrogens with zero attached hydrogens (tertiary/aromatic N) is 2. The number of hydrogen-bond donors (Lipinski definition) is 1. The average Bonchev–Trinajstić information content (AvgIpc) is 3.50. The molecule has 0 bridgehead atoms. The maximum atomic E-state index is 11.7. The molecule has 3 aromatic rings. The van der Waals surface area contributed by atoms with Crippen LogP contribution in [-0.4, -0.2) is 22.0 Å². The number of amides is 1. The minimum atomic E-state index is 0.241. The summed E-state index contributed by atoms with van der Waals surface area (Å²) in [6.45, 7) is 1.58. The van der Waals surface area contributed by atoms with Gasteiger partial charge in [0.1, 0.15) is 5.82 Å². The summed E-state index contributed by atoms with van der Waals surface area (Å²) in [6.07, 6.45) is 6.26. The summed E-state index contributed by atoms with van der Waals surface area (Å²) in [7, 11) is 0. The molecule has 0 unspecified atom stereocenters. The molecule has 0 atom stereocenters. The molecular formula is C23H26ClN3O. The normalized spacial score (nSPS) is 13.8. The average molecular weight is 396 g/mol. The Hall–Kier alpha value is -2.33. The molecule has 0 aliphatic heterocycles. The number of nitrogens with one attached hydrogen (secondary N) is 1. The van der Waals surface area contributed by atoms with E-state index in [1.165, 1.54) is 11.1 Å². The highest BCUT2D eigenvalue weighted by molar-refractivity contribution is 6.30. The predicted molar refractivity (Wildman–Crippen MR) is 114 cm³/mol. The van der Waals surface area contributed by atoms with Crippen molar-refractivity contribution in [3.63, 3.8) is 0 Å². The van der Waals surface area contributed by atoms with E-state index in [1.807, 2.05) is 18.2 Å². The van der Waals surface area contributed by atoms with Crippen LogP contribution in [0.15, 0.2) is 48.5 Å². The molecule has 2 aromatic carbocycles. The molecule has 1 fully saturated rings. The quantitative estimate of drug-likeness (QED) is 0.519. The smallest absolute Gasteiger partial charge is 0.223 e. The standard InChI is InChI=1S/C23H26ClN3O/c24-19-13-9-17(10-14-19)16-27-21-7-4-3-6-20(21)26-22(27)8-2-1-5-15-25-23(28)18-11-12-18/h3-4,6-7,9-10,13-14,18H,1-2,5,8,11-12,15-16H2,(H,25,28). The number of carbonyl (C=O) groups excluding carboxylic acids is 1. The number of aromatic nitrogens is 2. The number of halogens is 1. The second-order valence-corrected chi connectivity index (χ2v) is 8.04. The lowest BCUT2D eigenvalue weighted by atomic mass is 10.1. The van der Waals surface area contributed by atoms with Crippen LogP contribution in [0.4, 0.5) is 0 Å². The van der Waals surface area contributed by atoms with Gasteiger partial charge in [0.25, 0.3) is 0 Å². The molecule has 4 nitrogen and oxygen atoms in total. The van der Waals surface area contributed by atoms with Gasteiger partial charge in [0.2, 0.25) is 5.91 Å². The zero-order valence-corrected chi connectivity index (χ0v) is 16.8. The fourth-order valence-corrected chi connectivity index (χ4v) is 3.68. The number of imidazole rings is 1. The summed E-state index contributed by atoms with van der Waals surface area (Å²) in [4.78, 5) is 16.5. The van der Waals surface area contributed by atoms with E-state index in [9.17, 15) is 4.79 Å². The minimum absolute atomic E-state index is 0.241. The van der Waals surface area contributed by atoms with Gasteiger partial charge in [-0.3, -0.25) is 4.79 Å². The van der Waals surface area contributed by atoms with Crippen molar-refractivity contribution in [2.45, 2.75) is 45.1 Å². The molecule has 0 saturated heterocycles. The first-order chi connectivity index (χ1) is 13.7. The SMILES string of the molecule is O=C(NCCCCCc1nc2ccccc2n1Cc1ccc(Cl)cc1)C1CC1. The molecule has 1 aromatic heterocycles. The van der Waals surface area contributed by atoms with E-state index in [1.54, 1.807) is 0 Å². The second-order valence-electron chi connectivity index (χ2n) is 7.61. The molecule has 1 saturated carbocycles. The molecule has 1 N–H and O–H groups in total. The third kappa shape index (κ3) is 4.74. The van der Waals surface area contributed by atoms with E-state index in [0.29, 0.717) is 5.92 Å². The zero-order valence-electron chi connectivity index (χ0n) is 16.0. The molecular weight excluding hydrogens is 370 g/mol. The van der Waals surface area contributed by atoms with Crippen LogP contribution in [0.2, 0.25) is 5.02 Å². The fourth-order valence-electron chi connectivity index (χ4n) is 3.55. The van der Waals surface area contributed by atoms with Crippen molar-refractivity contribution in [2.75, 3.05) is 6.54 Å². The van der Waals surface area contributed by atoms with Gasteiger partial charge in [0.15, 0.2) is 0 Å². The summed E-state index contributed by atoms with van der Waals surface area (Å²) in [5.41, 5.74) is 3.43. The first-order valence-corrected chi connectivity index (χ1v) is 10.5. The Bertz CT molecular complexity index is 944. The number of hydrogen-bond acceptors (Lipinski definition) is 2. The molecule has 1 aliphatic rings. The Morgan fingerprint density at radius 1 is 1.07 bits per heavy atom. The van der Waals surface area contributed by atoms with Crippen molar-refractivity contribution in [1.29, 1.82) is 0 Å². The summed E-state index contributed by atoms with van der Waals surface area (Å²) in [6, 6.07) is 16.3. The van der Waals surface area contributed by atoms with Crippen LogP contribution in [0.1, 0.15) is 43.5 Å². The van der Waals surface area contributed by atoms with Gasteiger partial charge in [-0.2, -0.15) is 0 Å². The van der Waals surface area contributed by atoms with Crippen molar-refractivity contribution >= 4 is 28.5 Å². The van der Waals surface area contributed by atoms with Gasteiger partial charge in [0, 0.05) is 30.5 Å². The van der Waals surface area contributed by atoms with Gasteiger partial charge in [0.05, 0.1) is 11.0 Å². The number of benzene rings is 2. The molecule has 1 amide bonds. The number of para-hydroxylation sites is 2. The van der Waals surface area contributed by atoms with Crippen molar-refractivity contribution in [3.8, 4) is 0 Å². The van der Waals surface area contributed by atoms with Crippen LogP contribution in [-0.2, 0) is 17.8 Å². The first kappa shape index (κ1) is 19.0. The molecule has 0 radical (unpaired) electrons. The lowest BCUT2D eigenvalue weighted by Crippen LogP contribution is -2.25. The number of aryl methyl sites for hydroxylation is 1. The van der Waals surface area contributed by atoms with E-state index in [4.69, 9.17) is 16.6 Å². The van der Waals surface area contributed by atoms with Gasteiger partial charge in [-0.05, 0) is 55.5 Å². The number of rotatable bonds is 9. The van der Waals surface area contributed by atoms with Crippen LogP contribution in [0, 0.1) is 5.92 Å². The maximum absolute atomic E-state index is 11.7. The predicted octanol–water partition coefficient (Wildman–Crippen LogP) is 4.98. The van der Waals surface area contributed by atoms with Crippen molar-refractivity contribution in [1.82, 2.24) is 14.9 Å². The van der Waals surface area contributed by atoms with E-state index < -0.39 is 0 Å². The van der Waals surface area contributed by atoms with Crippen LogP contribution in [0.3, 0.4) is 0 Å². The highest BCUT2D eigenvalue weighted by Crippen LogP contribution is 2.28. The Labute approximate surface area is 170 Å². The molecule has 5 heteroatoms. The molecule has 0 spiro atoms. The second kappa shape index (κ2) is 8.78. The Kier molecular flexibility index (Phi) is 5.96. The number of carbonyl (C=O) groups is 1. The van der Waals surface area contributed by atoms with Crippen LogP contribution >= 0.6 is 11.6 Å². The van der Waals surface area contributed by atoms with Crippen molar-refractivity contribution in [2.24, 2.45) is 5.92 Å². The molecule has 4 rings (SSSR count). The molecule has 1 aliphatic carbocycles. The van der Waals surface area contributed by atoms with E-state index >= 15 is 0 Å². The molecule has 1 heterocycles. The molecule has 28 heavy (non-hydrogen) atoms. The zero-order chi connectivity index (χ0) is 19.3. The van der Waals surface area contributed by atoms with E-state index in [-0.39, 0.29) is 5.91 Å². The third-order valence-corrected chi connectivity index (χ3v) is 5.56. The topological polar surface area (TPSA) is 46.9 Å². The van der Waals surface area contributed by atoms with Crippen molar-refractivity contribution < 1.29 is 4.79 Å². The van der Waals surface area contributed by atoms with Gasteiger partial charge in [-0.15, -0.1) is 0 Å². The Morgan fingerprint density at radius 3 is 2.64 bits per heavy atom. The van der Waals surface area contributed by atoms with Crippen molar-refractivity contribution in [3.05, 3.63) is 64.9 Å². The Morgan fingerprint density at radius 2 is 1.86 bits per heavy atom. The summed E-state index contributed by atoms with van der Waals surface area (Å²) >= 11 is 6.02. The summed E-state index contributed by atoms with van der Waals surface area (Å²) in [5.74, 6) is 1.66. The highest BCUT2D eigenvalue weighted by atomic mass is 35.5. The van der Waals surface area contributed by atoms with Gasteiger partial charge in [-0.25, -0.2) is 4.98 Å². The van der Waals surface area contributed by atoms with E-state index in [0.717, 1.165) is 68.0 Å². The monoisotopic (exact) mass is 395 g/mol. The molecule has 146 valence electrons. The van der Waals surface area contributed by atoms with Gasteiger partial charge < -0.3 is 9.88 Å². The van der Waals surface area contributed by atoms with Crippen LogP contribution < -0.4 is 5.32 Å². The number of fused-ring (bicyclic) bond motifs is 1. The Balaban J connectivity index is 1.37. The summed E-state index contributed by atoms with van der Waals surface area (Å²) < 4.78 is 2.31. The highest BCUT2D eigenvalue weighted by Gasteiger charge is 2.28. The van der Waals surface area contributed by atoms with Gasteiger partial charge >= 0.3 is 0 Å². The fraction of sp³-hybridized carbons (Fsp3) is 0.391. The lowest BCUT2D eigenvalue weighted by Gasteiger charge is -2.10. The van der Waals surface area contributed by atoms with Gasteiger partial charge in [-0.1, -0.05) is 42.3 Å². The van der Waals surface area contributed by atoms with E-state index in [2.05, 4.69) is 40.2 Å². The van der Waals surface area contributed by atoms with Crippen LogP contribution in [0.25, 0.3) is 11.0 Å². The minimum Gasteiger partial charge on any atom is -0.356 e. The number of unbranched alkanes of at least 4 members (excludes halogenated alkanes) is 2. The lowest BCUT2D eigenvalue weighted by molar-refractivity contribution is -0.122. The first-order valence-electron chi connectivity index (χ1n) is 10.2.